The van der Waals surface area contributed by atoms with Gasteiger partial charge < -0.3 is 9.47 Å². The second-order valence-electron chi connectivity index (χ2n) is 6.54. The van der Waals surface area contributed by atoms with E-state index in [0.717, 1.165) is 43.3 Å². The highest BCUT2D eigenvalue weighted by molar-refractivity contribution is 5.46. The van der Waals surface area contributed by atoms with Crippen molar-refractivity contribution in [1.82, 2.24) is 34.5 Å². The molecule has 8 heteroatoms. The van der Waals surface area contributed by atoms with E-state index < -0.39 is 0 Å². The van der Waals surface area contributed by atoms with E-state index in [1.54, 1.807) is 11.0 Å². The first-order valence-electron chi connectivity index (χ1n) is 8.59. The summed E-state index contributed by atoms with van der Waals surface area (Å²) < 4.78 is 3.88. The Bertz CT molecular complexity index is 830. The molecule has 3 aromatic rings. The molecule has 0 aliphatic carbocycles. The Morgan fingerprint density at radius 2 is 2.04 bits per heavy atom. The van der Waals surface area contributed by atoms with Crippen LogP contribution < -0.4 is 4.90 Å². The van der Waals surface area contributed by atoms with Crippen LogP contribution in [0, 0.1) is 6.92 Å². The Morgan fingerprint density at radius 1 is 1.20 bits per heavy atom. The molecule has 0 N–H and O–H groups in total. The van der Waals surface area contributed by atoms with E-state index >= 15 is 0 Å². The summed E-state index contributed by atoms with van der Waals surface area (Å²) in [5.41, 5.74) is 2.32. The maximum Gasteiger partial charge on any atom is 0.154 e. The Balaban J connectivity index is 1.43. The van der Waals surface area contributed by atoms with Gasteiger partial charge in [-0.3, -0.25) is 4.98 Å². The summed E-state index contributed by atoms with van der Waals surface area (Å²) in [6.07, 6.45) is 7.28. The van der Waals surface area contributed by atoms with Gasteiger partial charge in [-0.25, -0.2) is 9.67 Å². The molecule has 0 bridgehead atoms. The molecule has 8 nitrogen and oxygen atoms in total. The van der Waals surface area contributed by atoms with E-state index in [4.69, 9.17) is 0 Å². The molecule has 0 radical (unpaired) electrons. The minimum absolute atomic E-state index is 0.446. The van der Waals surface area contributed by atoms with Gasteiger partial charge in [0.15, 0.2) is 5.82 Å². The van der Waals surface area contributed by atoms with Crippen molar-refractivity contribution in [2.45, 2.75) is 32.2 Å². The quantitative estimate of drug-likeness (QED) is 0.718. The Kier molecular flexibility index (Phi) is 4.17. The molecule has 1 aliphatic rings. The number of aromatic nitrogens is 7. The fourth-order valence-corrected chi connectivity index (χ4v) is 3.45. The van der Waals surface area contributed by atoms with E-state index in [9.17, 15) is 0 Å². The van der Waals surface area contributed by atoms with Crippen molar-refractivity contribution in [3.63, 3.8) is 0 Å². The molecule has 0 aromatic carbocycles. The van der Waals surface area contributed by atoms with E-state index in [1.807, 2.05) is 20.2 Å². The Labute approximate surface area is 146 Å². The molecule has 4 rings (SSSR count). The van der Waals surface area contributed by atoms with Gasteiger partial charge >= 0.3 is 0 Å². The van der Waals surface area contributed by atoms with Crippen molar-refractivity contribution in [2.75, 3.05) is 18.0 Å². The minimum Gasteiger partial charge on any atom is -0.371 e. The van der Waals surface area contributed by atoms with Crippen molar-refractivity contribution < 1.29 is 0 Å². The summed E-state index contributed by atoms with van der Waals surface area (Å²) in [5, 5.41) is 12.9. The number of aryl methyl sites for hydroxylation is 1. The van der Waals surface area contributed by atoms with Crippen molar-refractivity contribution in [1.29, 1.82) is 0 Å². The van der Waals surface area contributed by atoms with Crippen LogP contribution in [0.4, 0.5) is 5.69 Å². The Hall–Kier alpha value is -2.77. The number of rotatable bonds is 4. The highest BCUT2D eigenvalue weighted by Gasteiger charge is 2.25. The van der Waals surface area contributed by atoms with E-state index in [0.29, 0.717) is 12.5 Å². The largest absolute Gasteiger partial charge is 0.371 e. The van der Waals surface area contributed by atoms with Gasteiger partial charge in [0.05, 0.1) is 0 Å². The van der Waals surface area contributed by atoms with Crippen LogP contribution in [0.25, 0.3) is 0 Å². The molecule has 3 aromatic heterocycles. The van der Waals surface area contributed by atoms with Gasteiger partial charge in [0, 0.05) is 43.6 Å². The number of piperidine rings is 1. The predicted molar refractivity (Wildman–Crippen MR) is 93.3 cm³/mol. The summed E-state index contributed by atoms with van der Waals surface area (Å²) >= 11 is 0. The standard InChI is InChI=1S/C17H22N8/c1-13-9-15(3-6-19-13)24-7-4-14(5-8-24)17-22-21-16(23(17)2)10-25-12-18-11-20-25/h3,6,9,11-12,14H,4-5,7-8,10H2,1-2H3. The summed E-state index contributed by atoms with van der Waals surface area (Å²) in [7, 11) is 2.04. The highest BCUT2D eigenvalue weighted by atomic mass is 15.4. The van der Waals surface area contributed by atoms with Crippen LogP contribution in [0.5, 0.6) is 0 Å². The molecule has 0 spiro atoms. The summed E-state index contributed by atoms with van der Waals surface area (Å²) in [6.45, 7) is 4.68. The van der Waals surface area contributed by atoms with Crippen molar-refractivity contribution in [2.24, 2.45) is 7.05 Å². The van der Waals surface area contributed by atoms with Crippen LogP contribution in [0.15, 0.2) is 31.0 Å². The van der Waals surface area contributed by atoms with Gasteiger partial charge in [-0.2, -0.15) is 5.10 Å². The molecule has 25 heavy (non-hydrogen) atoms. The first-order valence-corrected chi connectivity index (χ1v) is 8.59. The topological polar surface area (TPSA) is 77.5 Å². The zero-order valence-electron chi connectivity index (χ0n) is 14.6. The van der Waals surface area contributed by atoms with Crippen LogP contribution in [0.2, 0.25) is 0 Å². The van der Waals surface area contributed by atoms with Gasteiger partial charge in [0.25, 0.3) is 0 Å². The Morgan fingerprint density at radius 3 is 2.76 bits per heavy atom. The lowest BCUT2D eigenvalue weighted by Gasteiger charge is -2.33. The number of anilines is 1. The van der Waals surface area contributed by atoms with Gasteiger partial charge in [0.2, 0.25) is 0 Å². The van der Waals surface area contributed by atoms with Gasteiger partial charge in [-0.1, -0.05) is 0 Å². The maximum absolute atomic E-state index is 4.45. The maximum atomic E-state index is 4.45. The molecule has 0 saturated carbocycles. The fourth-order valence-electron chi connectivity index (χ4n) is 3.45. The number of hydrogen-bond donors (Lipinski definition) is 0. The first-order chi connectivity index (χ1) is 12.2. The number of hydrogen-bond acceptors (Lipinski definition) is 6. The lowest BCUT2D eigenvalue weighted by molar-refractivity contribution is 0.471. The normalized spacial score (nSPS) is 15.7. The van der Waals surface area contributed by atoms with Crippen LogP contribution in [-0.4, -0.2) is 47.6 Å². The van der Waals surface area contributed by atoms with Gasteiger partial charge in [-0.05, 0) is 31.9 Å². The van der Waals surface area contributed by atoms with Crippen LogP contribution in [0.3, 0.4) is 0 Å². The van der Waals surface area contributed by atoms with E-state index in [2.05, 4.69) is 46.9 Å². The van der Waals surface area contributed by atoms with Crippen LogP contribution in [0.1, 0.15) is 36.1 Å². The first kappa shape index (κ1) is 15.7. The third-order valence-electron chi connectivity index (χ3n) is 4.87. The molecular weight excluding hydrogens is 316 g/mol. The average molecular weight is 338 g/mol. The molecule has 1 saturated heterocycles. The zero-order valence-corrected chi connectivity index (χ0v) is 14.6. The third kappa shape index (κ3) is 3.24. The van der Waals surface area contributed by atoms with Crippen LogP contribution >= 0.6 is 0 Å². The summed E-state index contributed by atoms with van der Waals surface area (Å²) in [4.78, 5) is 10.7. The van der Waals surface area contributed by atoms with E-state index in [1.165, 1.54) is 12.0 Å². The lowest BCUT2D eigenvalue weighted by atomic mass is 9.95. The fraction of sp³-hybridized carbons (Fsp3) is 0.471. The van der Waals surface area contributed by atoms with Crippen molar-refractivity contribution in [3.05, 3.63) is 48.3 Å². The molecule has 1 aliphatic heterocycles. The smallest absolute Gasteiger partial charge is 0.154 e. The highest BCUT2D eigenvalue weighted by Crippen LogP contribution is 2.29. The zero-order chi connectivity index (χ0) is 17.2. The molecule has 0 atom stereocenters. The minimum atomic E-state index is 0.446. The molecule has 4 heterocycles. The second-order valence-corrected chi connectivity index (χ2v) is 6.54. The molecule has 0 amide bonds. The summed E-state index contributed by atoms with van der Waals surface area (Å²) in [5.74, 6) is 2.43. The van der Waals surface area contributed by atoms with E-state index in [-0.39, 0.29) is 0 Å². The average Bonchev–Trinajstić information content (AvgIpc) is 3.26. The predicted octanol–water partition coefficient (Wildman–Crippen LogP) is 1.54. The number of pyridine rings is 1. The van der Waals surface area contributed by atoms with Gasteiger partial charge in [-0.15, -0.1) is 10.2 Å². The monoisotopic (exact) mass is 338 g/mol. The molecule has 1 fully saturated rings. The lowest BCUT2D eigenvalue weighted by Crippen LogP contribution is -2.33. The summed E-state index contributed by atoms with van der Waals surface area (Å²) in [6, 6.07) is 4.24. The van der Waals surface area contributed by atoms with Crippen molar-refractivity contribution >= 4 is 5.69 Å². The molecule has 130 valence electrons. The SMILES string of the molecule is Cc1cc(N2CCC(c3nnc(Cn4cncn4)n3C)CC2)ccn1. The molecular formula is C17H22N8. The van der Waals surface area contributed by atoms with Crippen molar-refractivity contribution in [3.8, 4) is 0 Å². The van der Waals surface area contributed by atoms with Crippen LogP contribution in [-0.2, 0) is 13.6 Å². The third-order valence-corrected chi connectivity index (χ3v) is 4.87. The van der Waals surface area contributed by atoms with Gasteiger partial charge in [0.1, 0.15) is 25.0 Å². The second kappa shape index (κ2) is 6.62. The molecule has 0 unspecified atom stereocenters. The number of nitrogens with zero attached hydrogens (tertiary/aromatic N) is 8.